The van der Waals surface area contributed by atoms with Crippen molar-refractivity contribution in [3.05, 3.63) is 0 Å². The number of oxime groups is 1. The highest BCUT2D eigenvalue weighted by molar-refractivity contribution is 5.94. The van der Waals surface area contributed by atoms with E-state index in [9.17, 15) is 4.79 Å². The van der Waals surface area contributed by atoms with Crippen LogP contribution in [-0.4, -0.2) is 37.6 Å². The van der Waals surface area contributed by atoms with Crippen LogP contribution in [0.5, 0.6) is 0 Å². The molecule has 0 bridgehead atoms. The predicted molar refractivity (Wildman–Crippen MR) is 48.3 cm³/mol. The average Bonchev–Trinajstić information content (AvgIpc) is 2.50. The summed E-state index contributed by atoms with van der Waals surface area (Å²) in [6.45, 7) is 0.493. The van der Waals surface area contributed by atoms with E-state index in [1.165, 1.54) is 13.3 Å². The number of carboxylic acids is 1. The van der Waals surface area contributed by atoms with Gasteiger partial charge in [0.1, 0.15) is 12.0 Å². The van der Waals surface area contributed by atoms with Crippen molar-refractivity contribution in [2.75, 3.05) is 20.3 Å². The van der Waals surface area contributed by atoms with Crippen molar-refractivity contribution in [2.45, 2.75) is 6.42 Å². The van der Waals surface area contributed by atoms with Crippen molar-refractivity contribution in [2.24, 2.45) is 10.6 Å². The highest BCUT2D eigenvalue weighted by Crippen LogP contribution is 2.24. The van der Waals surface area contributed by atoms with Gasteiger partial charge >= 0.3 is 5.97 Å². The Bertz CT molecular complexity index is 209. The van der Waals surface area contributed by atoms with Crippen molar-refractivity contribution < 1.29 is 19.5 Å². The van der Waals surface area contributed by atoms with Crippen LogP contribution >= 0.6 is 12.4 Å². The van der Waals surface area contributed by atoms with Crippen LogP contribution in [0.3, 0.4) is 0 Å². The summed E-state index contributed by atoms with van der Waals surface area (Å²) in [6.07, 6.45) is 1.72. The minimum Gasteiger partial charge on any atom is -0.480 e. The van der Waals surface area contributed by atoms with Crippen LogP contribution in [0.25, 0.3) is 0 Å². The zero-order valence-corrected chi connectivity index (χ0v) is 8.04. The molecule has 0 aromatic heterocycles. The van der Waals surface area contributed by atoms with Gasteiger partial charge in [-0.2, -0.15) is 0 Å². The summed E-state index contributed by atoms with van der Waals surface area (Å²) in [5.41, 5.74) is -0.976. The fourth-order valence-corrected chi connectivity index (χ4v) is 0.973. The van der Waals surface area contributed by atoms with E-state index >= 15 is 0 Å². The van der Waals surface area contributed by atoms with Gasteiger partial charge in [-0.25, -0.2) is 0 Å². The molecule has 0 amide bonds. The number of methoxy groups -OCH3 is 1. The molecule has 0 aliphatic carbocycles. The van der Waals surface area contributed by atoms with Crippen LogP contribution in [0.4, 0.5) is 0 Å². The van der Waals surface area contributed by atoms with Crippen LogP contribution in [-0.2, 0) is 14.4 Å². The molecule has 0 aromatic rings. The Labute approximate surface area is 82.1 Å². The van der Waals surface area contributed by atoms with Crippen LogP contribution in [0.1, 0.15) is 6.42 Å². The number of ether oxygens (including phenoxy) is 1. The second-order valence-electron chi connectivity index (χ2n) is 2.71. The van der Waals surface area contributed by atoms with E-state index in [-0.39, 0.29) is 19.0 Å². The summed E-state index contributed by atoms with van der Waals surface area (Å²) in [7, 11) is 1.53. The molecule has 1 rings (SSSR count). The molecule has 0 saturated heterocycles. The summed E-state index contributed by atoms with van der Waals surface area (Å²) in [4.78, 5) is 15.5. The van der Waals surface area contributed by atoms with Crippen LogP contribution < -0.4 is 0 Å². The molecular weight excluding hydrogens is 198 g/mol. The number of hydrogen-bond acceptors (Lipinski definition) is 4. The van der Waals surface area contributed by atoms with Crippen molar-refractivity contribution in [3.63, 3.8) is 0 Å². The Morgan fingerprint density at radius 3 is 2.92 bits per heavy atom. The fraction of sp³-hybridized carbons (Fsp3) is 0.714. The number of carbonyl (C=O) groups is 1. The third-order valence-electron chi connectivity index (χ3n) is 1.87. The molecule has 5 nitrogen and oxygen atoms in total. The molecular formula is C7H12ClNO4. The Hall–Kier alpha value is -0.810. The van der Waals surface area contributed by atoms with Gasteiger partial charge in [0.2, 0.25) is 0 Å². The smallest absolute Gasteiger partial charge is 0.318 e. The van der Waals surface area contributed by atoms with Gasteiger partial charge in [0.15, 0.2) is 0 Å². The second kappa shape index (κ2) is 5.04. The number of nitrogens with zero attached hydrogens (tertiary/aromatic N) is 1. The maximum absolute atomic E-state index is 10.8. The fourth-order valence-electron chi connectivity index (χ4n) is 0.973. The summed E-state index contributed by atoms with van der Waals surface area (Å²) < 4.78 is 4.80. The van der Waals surface area contributed by atoms with Gasteiger partial charge in [0.05, 0.1) is 6.21 Å². The first-order valence-electron chi connectivity index (χ1n) is 3.60. The molecule has 76 valence electrons. The van der Waals surface area contributed by atoms with E-state index in [0.29, 0.717) is 13.0 Å². The van der Waals surface area contributed by atoms with Crippen LogP contribution in [0.15, 0.2) is 5.16 Å². The van der Waals surface area contributed by atoms with Gasteiger partial charge in [-0.15, -0.1) is 12.4 Å². The zero-order chi connectivity index (χ0) is 9.03. The molecule has 13 heavy (non-hydrogen) atoms. The molecule has 6 heteroatoms. The van der Waals surface area contributed by atoms with E-state index in [4.69, 9.17) is 9.84 Å². The third-order valence-corrected chi connectivity index (χ3v) is 1.87. The lowest BCUT2D eigenvalue weighted by Crippen LogP contribution is -2.35. The Kier molecular flexibility index (Phi) is 4.72. The van der Waals surface area contributed by atoms with Crippen molar-refractivity contribution in [3.8, 4) is 0 Å². The SMILES string of the molecule is COCCC1(C(=O)O)C=NOC1.Cl. The molecule has 0 saturated carbocycles. The Balaban J connectivity index is 0.00000144. The van der Waals surface area contributed by atoms with Gasteiger partial charge < -0.3 is 14.7 Å². The molecule has 1 heterocycles. The molecule has 1 N–H and O–H groups in total. The minimum atomic E-state index is -0.976. The second-order valence-corrected chi connectivity index (χ2v) is 2.71. The largest absolute Gasteiger partial charge is 0.480 e. The van der Waals surface area contributed by atoms with E-state index in [0.717, 1.165) is 0 Å². The third kappa shape index (κ3) is 2.57. The van der Waals surface area contributed by atoms with Crippen molar-refractivity contribution >= 4 is 24.6 Å². The number of aliphatic carboxylic acids is 1. The lowest BCUT2D eigenvalue weighted by atomic mass is 9.88. The molecule has 1 aliphatic rings. The van der Waals surface area contributed by atoms with Crippen molar-refractivity contribution in [1.82, 2.24) is 0 Å². The molecule has 1 unspecified atom stereocenters. The molecule has 1 atom stereocenters. The monoisotopic (exact) mass is 209 g/mol. The number of halogens is 1. The average molecular weight is 210 g/mol. The predicted octanol–water partition coefficient (Wildman–Crippen LogP) is 0.532. The van der Waals surface area contributed by atoms with E-state index < -0.39 is 11.4 Å². The highest BCUT2D eigenvalue weighted by Gasteiger charge is 2.41. The van der Waals surface area contributed by atoms with Gasteiger partial charge in [0, 0.05) is 13.7 Å². The quantitative estimate of drug-likeness (QED) is 0.734. The zero-order valence-electron chi connectivity index (χ0n) is 7.23. The molecule has 0 spiro atoms. The normalized spacial score (nSPS) is 25.0. The molecule has 1 aliphatic heterocycles. The van der Waals surface area contributed by atoms with Gasteiger partial charge in [-0.1, -0.05) is 5.16 Å². The number of hydrogen-bond donors (Lipinski definition) is 1. The first-order valence-corrected chi connectivity index (χ1v) is 3.60. The van der Waals surface area contributed by atoms with Crippen molar-refractivity contribution in [1.29, 1.82) is 0 Å². The maximum Gasteiger partial charge on any atom is 0.318 e. The Morgan fingerprint density at radius 2 is 2.54 bits per heavy atom. The lowest BCUT2D eigenvalue weighted by Gasteiger charge is -2.17. The summed E-state index contributed by atoms with van der Waals surface area (Å²) in [6, 6.07) is 0. The highest BCUT2D eigenvalue weighted by atomic mass is 35.5. The molecule has 0 fully saturated rings. The van der Waals surface area contributed by atoms with Gasteiger partial charge in [-0.05, 0) is 6.42 Å². The summed E-state index contributed by atoms with van der Waals surface area (Å²) >= 11 is 0. The first-order chi connectivity index (χ1) is 5.71. The summed E-state index contributed by atoms with van der Waals surface area (Å²) in [5.74, 6) is -0.916. The first kappa shape index (κ1) is 12.2. The lowest BCUT2D eigenvalue weighted by molar-refractivity contribution is -0.147. The maximum atomic E-state index is 10.8. The van der Waals surface area contributed by atoms with E-state index in [1.54, 1.807) is 0 Å². The minimum absolute atomic E-state index is 0. The van der Waals surface area contributed by atoms with Gasteiger partial charge in [-0.3, -0.25) is 4.79 Å². The number of rotatable bonds is 4. The standard InChI is InChI=1S/C7H11NO4.ClH/c1-11-3-2-7(6(9)10)4-8-12-5-7;/h4H,2-3,5H2,1H3,(H,9,10);1H. The molecule has 0 radical (unpaired) electrons. The molecule has 0 aromatic carbocycles. The van der Waals surface area contributed by atoms with Gasteiger partial charge in [0.25, 0.3) is 0 Å². The van der Waals surface area contributed by atoms with E-state index in [1.807, 2.05) is 0 Å². The van der Waals surface area contributed by atoms with Crippen LogP contribution in [0.2, 0.25) is 0 Å². The van der Waals surface area contributed by atoms with E-state index in [2.05, 4.69) is 9.99 Å². The topological polar surface area (TPSA) is 68.1 Å². The van der Waals surface area contributed by atoms with Crippen LogP contribution in [0, 0.1) is 5.41 Å². The Morgan fingerprint density at radius 1 is 1.85 bits per heavy atom. The number of carboxylic acid groups (broad SMARTS) is 1. The summed E-state index contributed by atoms with van der Waals surface area (Å²) in [5, 5.41) is 12.3.